The van der Waals surface area contributed by atoms with Gasteiger partial charge in [0.2, 0.25) is 0 Å². The summed E-state index contributed by atoms with van der Waals surface area (Å²) < 4.78 is 5.56. The van der Waals surface area contributed by atoms with Crippen LogP contribution in [0, 0.1) is 5.41 Å². The molecule has 0 heterocycles. The van der Waals surface area contributed by atoms with Crippen LogP contribution in [-0.2, 0) is 0 Å². The molecule has 2 N–H and O–H groups in total. The summed E-state index contributed by atoms with van der Waals surface area (Å²) in [7, 11) is 0. The van der Waals surface area contributed by atoms with Gasteiger partial charge in [-0.1, -0.05) is 43.7 Å². The number of hydrogen-bond donors (Lipinski definition) is 1. The Bertz CT molecular complexity index is 365. The third-order valence-electron chi connectivity index (χ3n) is 2.06. The van der Waals surface area contributed by atoms with Crippen molar-refractivity contribution >= 4 is 28.8 Å². The second-order valence-corrected chi connectivity index (χ2v) is 4.87. The van der Waals surface area contributed by atoms with Crippen LogP contribution in [0.5, 0.6) is 5.75 Å². The molecular weight excluding hydrogens is 230 g/mol. The van der Waals surface area contributed by atoms with Crippen LogP contribution < -0.4 is 10.5 Å². The van der Waals surface area contributed by atoms with Crippen LogP contribution in [0.1, 0.15) is 13.8 Å². The largest absolute Gasteiger partial charge is 0.493 e. The zero-order chi connectivity index (χ0) is 11.5. The summed E-state index contributed by atoms with van der Waals surface area (Å²) >= 11 is 10.8. The van der Waals surface area contributed by atoms with E-state index >= 15 is 0 Å². The molecule has 0 radical (unpaired) electrons. The minimum absolute atomic E-state index is 0.308. The minimum Gasteiger partial charge on any atom is -0.493 e. The SMILES string of the molecule is CC(C)(COc1cccc(Cl)c1)C(N)=S. The fraction of sp³-hybridized carbons (Fsp3) is 0.364. The monoisotopic (exact) mass is 243 g/mol. The van der Waals surface area contributed by atoms with Gasteiger partial charge in [-0.15, -0.1) is 0 Å². The summed E-state index contributed by atoms with van der Waals surface area (Å²) in [4.78, 5) is 0.449. The van der Waals surface area contributed by atoms with Gasteiger partial charge >= 0.3 is 0 Å². The average molecular weight is 244 g/mol. The number of thiocarbonyl (C=S) groups is 1. The molecule has 0 aromatic heterocycles. The van der Waals surface area contributed by atoms with Crippen LogP contribution in [0.3, 0.4) is 0 Å². The summed E-state index contributed by atoms with van der Waals surface area (Å²) in [5, 5.41) is 0.653. The molecule has 0 saturated heterocycles. The third kappa shape index (κ3) is 3.68. The first kappa shape index (κ1) is 12.3. The summed E-state index contributed by atoms with van der Waals surface area (Å²) in [6.07, 6.45) is 0. The lowest BCUT2D eigenvalue weighted by Crippen LogP contribution is -2.35. The van der Waals surface area contributed by atoms with Crippen molar-refractivity contribution < 1.29 is 4.74 Å². The lowest BCUT2D eigenvalue weighted by atomic mass is 9.95. The number of hydrogen-bond acceptors (Lipinski definition) is 2. The van der Waals surface area contributed by atoms with Crippen molar-refractivity contribution in [3.05, 3.63) is 29.3 Å². The van der Waals surface area contributed by atoms with Crippen LogP contribution >= 0.6 is 23.8 Å². The lowest BCUT2D eigenvalue weighted by molar-refractivity contribution is 0.236. The van der Waals surface area contributed by atoms with E-state index in [-0.39, 0.29) is 5.41 Å². The summed E-state index contributed by atoms with van der Waals surface area (Å²) in [5.41, 5.74) is 5.28. The average Bonchev–Trinajstić information content (AvgIpc) is 2.15. The highest BCUT2D eigenvalue weighted by molar-refractivity contribution is 7.80. The van der Waals surface area contributed by atoms with E-state index in [1.807, 2.05) is 26.0 Å². The van der Waals surface area contributed by atoms with Crippen molar-refractivity contribution in [3.63, 3.8) is 0 Å². The Morgan fingerprint density at radius 1 is 1.53 bits per heavy atom. The van der Waals surface area contributed by atoms with E-state index in [1.54, 1.807) is 12.1 Å². The fourth-order valence-electron chi connectivity index (χ4n) is 0.892. The Hall–Kier alpha value is -0.800. The molecule has 4 heteroatoms. The molecule has 0 amide bonds. The highest BCUT2D eigenvalue weighted by atomic mass is 35.5. The predicted molar refractivity (Wildman–Crippen MR) is 67.5 cm³/mol. The Morgan fingerprint density at radius 3 is 2.73 bits per heavy atom. The third-order valence-corrected chi connectivity index (χ3v) is 2.85. The van der Waals surface area contributed by atoms with Crippen molar-refractivity contribution in [1.29, 1.82) is 0 Å². The van der Waals surface area contributed by atoms with Gasteiger partial charge in [-0.3, -0.25) is 0 Å². The molecule has 1 aromatic rings. The second-order valence-electron chi connectivity index (χ2n) is 3.99. The van der Waals surface area contributed by atoms with E-state index in [1.165, 1.54) is 0 Å². The molecule has 0 unspecified atom stereocenters. The topological polar surface area (TPSA) is 35.2 Å². The highest BCUT2D eigenvalue weighted by Crippen LogP contribution is 2.21. The molecule has 0 aliphatic carbocycles. The second kappa shape index (κ2) is 4.81. The molecule has 0 aliphatic rings. The maximum atomic E-state index is 5.83. The number of halogens is 1. The predicted octanol–water partition coefficient (Wildman–Crippen LogP) is 3.03. The minimum atomic E-state index is -0.308. The van der Waals surface area contributed by atoms with Crippen LogP contribution in [0.2, 0.25) is 5.02 Å². The van der Waals surface area contributed by atoms with Crippen molar-refractivity contribution in [2.24, 2.45) is 11.1 Å². The normalized spacial score (nSPS) is 11.1. The maximum absolute atomic E-state index is 5.83. The van der Waals surface area contributed by atoms with Gasteiger partial charge in [0, 0.05) is 10.4 Å². The smallest absolute Gasteiger partial charge is 0.120 e. The van der Waals surface area contributed by atoms with Gasteiger partial charge in [-0.25, -0.2) is 0 Å². The molecular formula is C11H14ClNOS. The van der Waals surface area contributed by atoms with Crippen molar-refractivity contribution in [2.75, 3.05) is 6.61 Å². The molecule has 2 nitrogen and oxygen atoms in total. The highest BCUT2D eigenvalue weighted by Gasteiger charge is 2.22. The van der Waals surface area contributed by atoms with Gasteiger partial charge in [0.25, 0.3) is 0 Å². The number of rotatable bonds is 4. The number of ether oxygens (including phenoxy) is 1. The van der Waals surface area contributed by atoms with Gasteiger partial charge in [0.05, 0.1) is 11.6 Å². The molecule has 0 atom stereocenters. The van der Waals surface area contributed by atoms with Crippen LogP contribution in [-0.4, -0.2) is 11.6 Å². The quantitative estimate of drug-likeness (QED) is 0.826. The Morgan fingerprint density at radius 2 is 2.20 bits per heavy atom. The molecule has 82 valence electrons. The van der Waals surface area contributed by atoms with Crippen LogP contribution in [0.25, 0.3) is 0 Å². The Kier molecular flexibility index (Phi) is 3.94. The molecule has 0 saturated carbocycles. The van der Waals surface area contributed by atoms with Gasteiger partial charge in [0.15, 0.2) is 0 Å². The van der Waals surface area contributed by atoms with E-state index in [0.717, 1.165) is 5.75 Å². The van der Waals surface area contributed by atoms with Crippen molar-refractivity contribution in [2.45, 2.75) is 13.8 Å². The van der Waals surface area contributed by atoms with E-state index in [2.05, 4.69) is 0 Å². The Balaban J connectivity index is 2.61. The summed E-state index contributed by atoms with van der Waals surface area (Å²) in [6, 6.07) is 7.25. The van der Waals surface area contributed by atoms with E-state index < -0.39 is 0 Å². The first-order chi connectivity index (χ1) is 6.92. The van der Waals surface area contributed by atoms with Gasteiger partial charge in [-0.05, 0) is 18.2 Å². The van der Waals surface area contributed by atoms with Gasteiger partial charge in [-0.2, -0.15) is 0 Å². The first-order valence-corrected chi connectivity index (χ1v) is 5.39. The van der Waals surface area contributed by atoms with E-state index in [9.17, 15) is 0 Å². The molecule has 1 aromatic carbocycles. The molecule has 1 rings (SSSR count). The summed E-state index contributed by atoms with van der Waals surface area (Å²) in [6.45, 7) is 4.34. The zero-order valence-corrected chi connectivity index (χ0v) is 10.4. The van der Waals surface area contributed by atoms with E-state index in [4.69, 9.17) is 34.3 Å². The molecule has 15 heavy (non-hydrogen) atoms. The maximum Gasteiger partial charge on any atom is 0.120 e. The van der Waals surface area contributed by atoms with Crippen LogP contribution in [0.4, 0.5) is 0 Å². The number of nitrogens with two attached hydrogens (primary N) is 1. The van der Waals surface area contributed by atoms with Crippen LogP contribution in [0.15, 0.2) is 24.3 Å². The molecule has 0 fully saturated rings. The Labute approximate surface area is 100 Å². The zero-order valence-electron chi connectivity index (χ0n) is 8.79. The lowest BCUT2D eigenvalue weighted by Gasteiger charge is -2.23. The van der Waals surface area contributed by atoms with Gasteiger partial charge in [0.1, 0.15) is 5.75 Å². The van der Waals surface area contributed by atoms with E-state index in [0.29, 0.717) is 16.6 Å². The fourth-order valence-corrected chi connectivity index (χ4v) is 1.13. The molecule has 0 spiro atoms. The molecule has 0 aliphatic heterocycles. The summed E-state index contributed by atoms with van der Waals surface area (Å²) in [5.74, 6) is 0.729. The number of benzene rings is 1. The van der Waals surface area contributed by atoms with Crippen molar-refractivity contribution in [3.8, 4) is 5.75 Å². The van der Waals surface area contributed by atoms with Gasteiger partial charge < -0.3 is 10.5 Å². The first-order valence-electron chi connectivity index (χ1n) is 4.60. The molecule has 0 bridgehead atoms. The standard InChI is InChI=1S/C11H14ClNOS/c1-11(2,10(13)15)7-14-9-5-3-4-8(12)6-9/h3-6H,7H2,1-2H3,(H2,13,15). The van der Waals surface area contributed by atoms with Crippen molar-refractivity contribution in [1.82, 2.24) is 0 Å².